The highest BCUT2D eigenvalue weighted by molar-refractivity contribution is 7.99. The second kappa shape index (κ2) is 6.82. The molecule has 1 aliphatic heterocycles. The number of carbonyl (C=O) groups excluding carboxylic acids is 1. The molecular formula is C18H16N6OS2. The van der Waals surface area contributed by atoms with E-state index in [2.05, 4.69) is 24.9 Å². The number of fused-ring (bicyclic) bond motifs is 2. The van der Waals surface area contributed by atoms with Gasteiger partial charge in [-0.1, -0.05) is 0 Å². The summed E-state index contributed by atoms with van der Waals surface area (Å²) in [6.07, 6.45) is 1.74. The Balaban J connectivity index is 1.44. The van der Waals surface area contributed by atoms with Crippen LogP contribution in [0.15, 0.2) is 36.5 Å². The number of hydrogen-bond donors (Lipinski definition) is 2. The summed E-state index contributed by atoms with van der Waals surface area (Å²) < 4.78 is 5.41. The van der Waals surface area contributed by atoms with Crippen molar-refractivity contribution < 1.29 is 4.79 Å². The Hall–Kier alpha value is -2.65. The van der Waals surface area contributed by atoms with Crippen LogP contribution in [-0.4, -0.2) is 55.0 Å². The molecule has 1 saturated heterocycles. The molecule has 1 fully saturated rings. The first-order valence-electron chi connectivity index (χ1n) is 8.62. The van der Waals surface area contributed by atoms with Crippen molar-refractivity contribution in [2.45, 2.75) is 0 Å². The Morgan fingerprint density at radius 1 is 1.22 bits per heavy atom. The predicted octanol–water partition coefficient (Wildman–Crippen LogP) is 3.50. The van der Waals surface area contributed by atoms with Crippen molar-refractivity contribution in [3.63, 3.8) is 0 Å². The van der Waals surface area contributed by atoms with E-state index in [9.17, 15) is 4.79 Å². The Bertz CT molecular complexity index is 1130. The number of hydrogen-bond acceptors (Lipinski definition) is 7. The molecule has 0 saturated carbocycles. The first kappa shape index (κ1) is 16.5. The first-order valence-corrected chi connectivity index (χ1v) is 10.5. The smallest absolute Gasteiger partial charge is 0.274 e. The minimum absolute atomic E-state index is 0.0322. The Morgan fingerprint density at radius 2 is 2.11 bits per heavy atom. The molecule has 7 nitrogen and oxygen atoms in total. The third-order valence-corrected chi connectivity index (χ3v) is 6.31. The van der Waals surface area contributed by atoms with Crippen molar-refractivity contribution in [1.82, 2.24) is 24.5 Å². The van der Waals surface area contributed by atoms with E-state index >= 15 is 0 Å². The lowest BCUT2D eigenvalue weighted by Gasteiger charge is -2.25. The van der Waals surface area contributed by atoms with Crippen LogP contribution < -0.4 is 5.32 Å². The van der Waals surface area contributed by atoms with Crippen LogP contribution in [0.4, 0.5) is 11.5 Å². The highest BCUT2D eigenvalue weighted by Crippen LogP contribution is 2.29. The quantitative estimate of drug-likeness (QED) is 0.551. The van der Waals surface area contributed by atoms with E-state index in [0.29, 0.717) is 11.5 Å². The topological polar surface area (TPSA) is 86.8 Å². The molecule has 4 heterocycles. The molecule has 0 bridgehead atoms. The summed E-state index contributed by atoms with van der Waals surface area (Å²) in [6.45, 7) is 1.59. The second-order valence-electron chi connectivity index (χ2n) is 6.24. The van der Waals surface area contributed by atoms with Gasteiger partial charge in [-0.25, -0.2) is 0 Å². The molecule has 9 heteroatoms. The first-order chi connectivity index (χ1) is 13.3. The van der Waals surface area contributed by atoms with Crippen LogP contribution in [0.3, 0.4) is 0 Å². The monoisotopic (exact) mass is 396 g/mol. The molecule has 3 aromatic heterocycles. The van der Waals surface area contributed by atoms with Gasteiger partial charge < -0.3 is 10.2 Å². The molecule has 5 rings (SSSR count). The van der Waals surface area contributed by atoms with Crippen LogP contribution in [-0.2, 0) is 0 Å². The molecule has 0 unspecified atom stereocenters. The highest BCUT2D eigenvalue weighted by atomic mass is 32.2. The molecule has 0 aliphatic carbocycles. The van der Waals surface area contributed by atoms with Gasteiger partial charge in [-0.3, -0.25) is 14.9 Å². The largest absolute Gasteiger partial charge is 0.337 e. The third kappa shape index (κ3) is 3.02. The standard InChI is InChI=1S/C18H16N6OS2/c25-18(24-6-8-26-9-7-24)15-12-4-3-11(10-14(12)27-23-15)20-17-16-13(21-22-17)2-1-5-19-16/h1-5,10H,6-9H2,(H2,20,21,22). The van der Waals surface area contributed by atoms with E-state index in [1.54, 1.807) is 6.20 Å². The number of H-pyrrole nitrogens is 1. The lowest BCUT2D eigenvalue weighted by Crippen LogP contribution is -2.38. The van der Waals surface area contributed by atoms with Gasteiger partial charge in [-0.05, 0) is 41.9 Å². The van der Waals surface area contributed by atoms with Crippen molar-refractivity contribution in [1.29, 1.82) is 0 Å². The van der Waals surface area contributed by atoms with E-state index in [4.69, 9.17) is 0 Å². The Kier molecular flexibility index (Phi) is 4.17. The number of nitrogens with zero attached hydrogens (tertiary/aromatic N) is 4. The molecule has 27 heavy (non-hydrogen) atoms. The summed E-state index contributed by atoms with van der Waals surface area (Å²) >= 11 is 3.24. The summed E-state index contributed by atoms with van der Waals surface area (Å²) in [5, 5.41) is 11.5. The molecule has 0 radical (unpaired) electrons. The zero-order valence-electron chi connectivity index (χ0n) is 14.3. The van der Waals surface area contributed by atoms with E-state index in [1.165, 1.54) is 11.5 Å². The molecule has 4 aromatic rings. The van der Waals surface area contributed by atoms with Crippen LogP contribution >= 0.6 is 23.3 Å². The molecule has 1 aromatic carbocycles. The number of carbonyl (C=O) groups is 1. The van der Waals surface area contributed by atoms with E-state index in [0.717, 1.165) is 51.4 Å². The minimum Gasteiger partial charge on any atom is -0.337 e. The normalized spacial score (nSPS) is 14.7. The number of amides is 1. The van der Waals surface area contributed by atoms with Gasteiger partial charge in [0.05, 0.1) is 10.2 Å². The molecule has 136 valence electrons. The second-order valence-corrected chi connectivity index (χ2v) is 8.27. The number of nitrogens with one attached hydrogen (secondary N) is 2. The fourth-order valence-electron chi connectivity index (χ4n) is 3.16. The van der Waals surface area contributed by atoms with Crippen LogP contribution in [0.2, 0.25) is 0 Å². The maximum absolute atomic E-state index is 12.8. The van der Waals surface area contributed by atoms with Crippen LogP contribution in [0.25, 0.3) is 21.1 Å². The van der Waals surface area contributed by atoms with Gasteiger partial charge in [0.2, 0.25) is 0 Å². The summed E-state index contributed by atoms with van der Waals surface area (Å²) in [4.78, 5) is 19.0. The van der Waals surface area contributed by atoms with Gasteiger partial charge in [0, 0.05) is 41.9 Å². The average molecular weight is 397 g/mol. The van der Waals surface area contributed by atoms with Gasteiger partial charge in [-0.15, -0.1) is 0 Å². The van der Waals surface area contributed by atoms with Crippen molar-refractivity contribution in [3.8, 4) is 0 Å². The number of thioether (sulfide) groups is 1. The number of benzene rings is 1. The lowest BCUT2D eigenvalue weighted by molar-refractivity contribution is 0.0769. The van der Waals surface area contributed by atoms with Gasteiger partial charge in [0.15, 0.2) is 5.82 Å². The number of aromatic amines is 1. The molecule has 0 spiro atoms. The fraction of sp³-hybridized carbons (Fsp3) is 0.222. The molecule has 1 aliphatic rings. The third-order valence-electron chi connectivity index (χ3n) is 4.56. The lowest BCUT2D eigenvalue weighted by atomic mass is 10.2. The van der Waals surface area contributed by atoms with Crippen molar-refractivity contribution in [2.24, 2.45) is 0 Å². The van der Waals surface area contributed by atoms with Crippen molar-refractivity contribution >= 4 is 61.8 Å². The zero-order chi connectivity index (χ0) is 18.2. The van der Waals surface area contributed by atoms with Gasteiger partial charge in [-0.2, -0.15) is 21.2 Å². The number of aromatic nitrogens is 4. The molecular weight excluding hydrogens is 380 g/mol. The van der Waals surface area contributed by atoms with Crippen molar-refractivity contribution in [2.75, 3.05) is 29.9 Å². The molecule has 2 N–H and O–H groups in total. The van der Waals surface area contributed by atoms with Crippen LogP contribution in [0, 0.1) is 0 Å². The maximum atomic E-state index is 12.8. The Labute approximate surface area is 163 Å². The average Bonchev–Trinajstić information content (AvgIpc) is 3.32. The van der Waals surface area contributed by atoms with Crippen molar-refractivity contribution in [3.05, 3.63) is 42.2 Å². The van der Waals surface area contributed by atoms with E-state index < -0.39 is 0 Å². The fourth-order valence-corrected chi connectivity index (χ4v) is 4.87. The van der Waals surface area contributed by atoms with Crippen LogP contribution in [0.5, 0.6) is 0 Å². The summed E-state index contributed by atoms with van der Waals surface area (Å²) in [5.74, 6) is 2.70. The summed E-state index contributed by atoms with van der Waals surface area (Å²) in [7, 11) is 0. The van der Waals surface area contributed by atoms with Gasteiger partial charge in [0.25, 0.3) is 5.91 Å². The number of pyridine rings is 1. The summed E-state index contributed by atoms with van der Waals surface area (Å²) in [5.41, 5.74) is 3.12. The van der Waals surface area contributed by atoms with E-state index in [-0.39, 0.29) is 5.91 Å². The molecule has 1 amide bonds. The van der Waals surface area contributed by atoms with Gasteiger partial charge in [0.1, 0.15) is 11.2 Å². The SMILES string of the molecule is O=C(c1nsc2cc(Nc3n[nH]c4cccnc34)ccc12)N1CCSCC1. The highest BCUT2D eigenvalue weighted by Gasteiger charge is 2.22. The minimum atomic E-state index is 0.0322. The van der Waals surface area contributed by atoms with Crippen LogP contribution in [0.1, 0.15) is 10.5 Å². The number of anilines is 2. The number of rotatable bonds is 3. The predicted molar refractivity (Wildman–Crippen MR) is 110 cm³/mol. The summed E-state index contributed by atoms with van der Waals surface area (Å²) in [6, 6.07) is 9.70. The zero-order valence-corrected chi connectivity index (χ0v) is 15.9. The Morgan fingerprint density at radius 3 is 3.00 bits per heavy atom. The molecule has 0 atom stereocenters. The maximum Gasteiger partial charge on any atom is 0.274 e. The van der Waals surface area contributed by atoms with E-state index in [1.807, 2.05) is 47.0 Å². The van der Waals surface area contributed by atoms with Gasteiger partial charge >= 0.3 is 0 Å².